The molecule has 88 valence electrons. The fourth-order valence-electron chi connectivity index (χ4n) is 1.43. The SMILES string of the molecule is NC(=O)S(=O)(=O)Oc1cccc2ccccc12. The summed E-state index contributed by atoms with van der Waals surface area (Å²) in [5, 5.41) is -0.102. The van der Waals surface area contributed by atoms with E-state index in [0.29, 0.717) is 5.39 Å². The molecule has 17 heavy (non-hydrogen) atoms. The summed E-state index contributed by atoms with van der Waals surface area (Å²) in [6.45, 7) is 0. The molecule has 5 nitrogen and oxygen atoms in total. The zero-order chi connectivity index (χ0) is 12.5. The van der Waals surface area contributed by atoms with Crippen molar-refractivity contribution in [3.63, 3.8) is 0 Å². The first-order chi connectivity index (χ1) is 8.00. The van der Waals surface area contributed by atoms with Crippen molar-refractivity contribution in [3.8, 4) is 5.75 Å². The van der Waals surface area contributed by atoms with Crippen LogP contribution in [0.4, 0.5) is 4.79 Å². The Balaban J connectivity index is 2.54. The number of benzene rings is 2. The van der Waals surface area contributed by atoms with Gasteiger partial charge in [0.05, 0.1) is 0 Å². The van der Waals surface area contributed by atoms with Crippen LogP contribution in [0.3, 0.4) is 0 Å². The molecule has 2 rings (SSSR count). The highest BCUT2D eigenvalue weighted by molar-refractivity contribution is 8.02. The molecule has 0 unspecified atom stereocenters. The first-order valence-electron chi connectivity index (χ1n) is 4.72. The standard InChI is InChI=1S/C11H9NO4S/c12-11(13)17(14,15)16-10-7-3-5-8-4-1-2-6-9(8)10/h1-7H,(H2,12,13). The Morgan fingerprint density at radius 3 is 2.41 bits per heavy atom. The molecule has 0 saturated carbocycles. The van der Waals surface area contributed by atoms with Gasteiger partial charge in [-0.2, -0.15) is 8.42 Å². The lowest BCUT2D eigenvalue weighted by atomic mass is 10.1. The molecule has 0 spiro atoms. The van der Waals surface area contributed by atoms with E-state index in [4.69, 9.17) is 5.73 Å². The number of nitrogens with two attached hydrogens (primary N) is 1. The van der Waals surface area contributed by atoms with Crippen LogP contribution in [0.2, 0.25) is 0 Å². The largest absolute Gasteiger partial charge is 0.394 e. The van der Waals surface area contributed by atoms with E-state index in [9.17, 15) is 13.2 Å². The number of amides is 1. The molecule has 1 amide bonds. The zero-order valence-electron chi connectivity index (χ0n) is 8.66. The summed E-state index contributed by atoms with van der Waals surface area (Å²) in [6, 6.07) is 12.0. The molecule has 0 aliphatic rings. The molecule has 0 fully saturated rings. The van der Waals surface area contributed by atoms with Crippen LogP contribution in [0.1, 0.15) is 0 Å². The second-order valence-electron chi connectivity index (χ2n) is 3.33. The average Bonchev–Trinajstić information content (AvgIpc) is 2.29. The topological polar surface area (TPSA) is 86.5 Å². The van der Waals surface area contributed by atoms with Crippen molar-refractivity contribution in [3.05, 3.63) is 42.5 Å². The Kier molecular flexibility index (Phi) is 2.72. The van der Waals surface area contributed by atoms with E-state index in [0.717, 1.165) is 5.39 Å². The second-order valence-corrected chi connectivity index (χ2v) is 4.81. The third-order valence-electron chi connectivity index (χ3n) is 2.20. The number of fused-ring (bicyclic) bond motifs is 1. The molecule has 0 aromatic heterocycles. The van der Waals surface area contributed by atoms with Crippen LogP contribution in [0.15, 0.2) is 42.5 Å². The smallest absolute Gasteiger partial charge is 0.375 e. The molecule has 0 aliphatic carbocycles. The number of carbonyl (C=O) groups is 1. The minimum absolute atomic E-state index is 0.0851. The van der Waals surface area contributed by atoms with Gasteiger partial charge in [-0.15, -0.1) is 0 Å². The Morgan fingerprint density at radius 2 is 1.71 bits per heavy atom. The lowest BCUT2D eigenvalue weighted by molar-refractivity contribution is 0.263. The van der Waals surface area contributed by atoms with Crippen LogP contribution >= 0.6 is 0 Å². The van der Waals surface area contributed by atoms with Gasteiger partial charge in [-0.3, -0.25) is 4.79 Å². The van der Waals surface area contributed by atoms with Crippen molar-refractivity contribution >= 4 is 26.1 Å². The quantitative estimate of drug-likeness (QED) is 0.822. The molecule has 0 atom stereocenters. The molecule has 0 bridgehead atoms. The monoisotopic (exact) mass is 251 g/mol. The van der Waals surface area contributed by atoms with Gasteiger partial charge in [0, 0.05) is 5.39 Å². The molecule has 2 N–H and O–H groups in total. The van der Waals surface area contributed by atoms with E-state index in [-0.39, 0.29) is 5.75 Å². The lowest BCUT2D eigenvalue weighted by Gasteiger charge is -2.06. The van der Waals surface area contributed by atoms with E-state index >= 15 is 0 Å². The van der Waals surface area contributed by atoms with Crippen molar-refractivity contribution in [2.45, 2.75) is 0 Å². The van der Waals surface area contributed by atoms with Crippen LogP contribution in [0, 0.1) is 0 Å². The highest BCUT2D eigenvalue weighted by Gasteiger charge is 2.21. The van der Waals surface area contributed by atoms with Crippen LogP contribution < -0.4 is 9.92 Å². The maximum Gasteiger partial charge on any atom is 0.394 e. The van der Waals surface area contributed by atoms with E-state index in [1.165, 1.54) is 6.07 Å². The third-order valence-corrected chi connectivity index (χ3v) is 3.09. The van der Waals surface area contributed by atoms with E-state index < -0.39 is 15.4 Å². The van der Waals surface area contributed by atoms with Crippen molar-refractivity contribution < 1.29 is 17.4 Å². The summed E-state index contributed by atoms with van der Waals surface area (Å²) in [7, 11) is -4.40. The number of hydrogen-bond donors (Lipinski definition) is 1. The lowest BCUT2D eigenvalue weighted by Crippen LogP contribution is -2.26. The van der Waals surface area contributed by atoms with Crippen LogP contribution in [-0.2, 0) is 10.1 Å². The fourth-order valence-corrected chi connectivity index (χ4v) is 1.89. The predicted octanol–water partition coefficient (Wildman–Crippen LogP) is 1.63. The molecule has 0 radical (unpaired) electrons. The molecule has 6 heteroatoms. The van der Waals surface area contributed by atoms with Gasteiger partial charge in [-0.25, -0.2) is 0 Å². The van der Waals surface area contributed by atoms with E-state index in [2.05, 4.69) is 4.18 Å². The van der Waals surface area contributed by atoms with Crippen LogP contribution in [-0.4, -0.2) is 13.7 Å². The second kappa shape index (κ2) is 4.06. The number of primary amides is 1. The summed E-state index contributed by atoms with van der Waals surface area (Å²) >= 11 is 0. The van der Waals surface area contributed by atoms with Crippen molar-refractivity contribution in [1.29, 1.82) is 0 Å². The summed E-state index contributed by atoms with van der Waals surface area (Å²) in [5.41, 5.74) is 4.71. The Labute approximate surface area is 97.9 Å². The number of hydrogen-bond acceptors (Lipinski definition) is 4. The summed E-state index contributed by atoms with van der Waals surface area (Å²) < 4.78 is 27.2. The van der Waals surface area contributed by atoms with Gasteiger partial charge >= 0.3 is 15.4 Å². The van der Waals surface area contributed by atoms with Gasteiger partial charge in [0.15, 0.2) is 5.75 Å². The third kappa shape index (κ3) is 2.21. The minimum atomic E-state index is -4.40. The van der Waals surface area contributed by atoms with Crippen LogP contribution in [0.5, 0.6) is 5.75 Å². The summed E-state index contributed by atoms with van der Waals surface area (Å²) in [5.74, 6) is 0.0851. The maximum absolute atomic E-state index is 11.2. The number of rotatable bonds is 2. The van der Waals surface area contributed by atoms with Gasteiger partial charge in [-0.05, 0) is 11.5 Å². The molecule has 0 saturated heterocycles. The van der Waals surface area contributed by atoms with Gasteiger partial charge in [0.25, 0.3) is 0 Å². The highest BCUT2D eigenvalue weighted by Crippen LogP contribution is 2.26. The maximum atomic E-state index is 11.2. The molecule has 2 aromatic carbocycles. The Hall–Kier alpha value is -2.08. The van der Waals surface area contributed by atoms with E-state index in [1.54, 1.807) is 30.3 Å². The summed E-state index contributed by atoms with van der Waals surface area (Å²) in [6.07, 6.45) is 0. The van der Waals surface area contributed by atoms with Crippen molar-refractivity contribution in [2.75, 3.05) is 0 Å². The van der Waals surface area contributed by atoms with Gasteiger partial charge in [0.1, 0.15) is 0 Å². The van der Waals surface area contributed by atoms with Crippen LogP contribution in [0.25, 0.3) is 10.8 Å². The van der Waals surface area contributed by atoms with Gasteiger partial charge in [0.2, 0.25) is 0 Å². The first kappa shape index (κ1) is 11.4. The van der Waals surface area contributed by atoms with Crippen molar-refractivity contribution in [1.82, 2.24) is 0 Å². The first-order valence-corrected chi connectivity index (χ1v) is 6.13. The Morgan fingerprint density at radius 1 is 1.06 bits per heavy atom. The Bertz CT molecular complexity index is 673. The van der Waals surface area contributed by atoms with Gasteiger partial charge in [-0.1, -0.05) is 36.4 Å². The highest BCUT2D eigenvalue weighted by atomic mass is 32.2. The molecule has 0 heterocycles. The average molecular weight is 251 g/mol. The van der Waals surface area contributed by atoms with Gasteiger partial charge < -0.3 is 9.92 Å². The molecular formula is C11H9NO4S. The predicted molar refractivity (Wildman–Crippen MR) is 63.1 cm³/mol. The minimum Gasteiger partial charge on any atom is -0.375 e. The van der Waals surface area contributed by atoms with E-state index in [1.807, 2.05) is 6.07 Å². The molecule has 2 aromatic rings. The fraction of sp³-hybridized carbons (Fsp3) is 0. The summed E-state index contributed by atoms with van der Waals surface area (Å²) in [4.78, 5) is 10.7. The van der Waals surface area contributed by atoms with Crippen molar-refractivity contribution in [2.24, 2.45) is 5.73 Å². The normalized spacial score (nSPS) is 11.3. The number of carbonyl (C=O) groups excluding carboxylic acids is 1. The molecule has 0 aliphatic heterocycles. The molecular weight excluding hydrogens is 242 g/mol. The zero-order valence-corrected chi connectivity index (χ0v) is 9.48.